The van der Waals surface area contributed by atoms with Crippen LogP contribution in [0, 0.1) is 0 Å². The number of ketones is 1. The van der Waals surface area contributed by atoms with Gasteiger partial charge in [0.2, 0.25) is 11.7 Å². The maximum atomic E-state index is 11.2. The topological polar surface area (TPSA) is 56.0 Å². The normalized spacial score (nSPS) is 10.5. The SMILES string of the molecule is CCC(=O)Cc1nc(-c2cccs2)no1. The Hall–Kier alpha value is -1.49. The summed E-state index contributed by atoms with van der Waals surface area (Å²) in [4.78, 5) is 16.3. The molecule has 0 saturated carbocycles. The Morgan fingerprint density at radius 3 is 3.13 bits per heavy atom. The number of Topliss-reactive ketones (excluding diaryl/α,β-unsaturated/α-hetero) is 1. The summed E-state index contributed by atoms with van der Waals surface area (Å²) in [6, 6.07) is 3.84. The molecule has 0 saturated heterocycles. The molecule has 78 valence electrons. The highest BCUT2D eigenvalue weighted by Gasteiger charge is 2.11. The molecule has 0 aliphatic heterocycles. The highest BCUT2D eigenvalue weighted by molar-refractivity contribution is 7.13. The first kappa shape index (κ1) is 10.0. The highest BCUT2D eigenvalue weighted by Crippen LogP contribution is 2.21. The Kier molecular flexibility index (Phi) is 2.91. The van der Waals surface area contributed by atoms with Crippen LogP contribution < -0.4 is 0 Å². The largest absolute Gasteiger partial charge is 0.338 e. The average Bonchev–Trinajstić information content (AvgIpc) is 2.85. The van der Waals surface area contributed by atoms with Crippen LogP contribution in [0.5, 0.6) is 0 Å². The van der Waals surface area contributed by atoms with E-state index in [-0.39, 0.29) is 12.2 Å². The molecule has 2 aromatic rings. The summed E-state index contributed by atoms with van der Waals surface area (Å²) in [6.07, 6.45) is 0.728. The summed E-state index contributed by atoms with van der Waals surface area (Å²) in [7, 11) is 0. The summed E-state index contributed by atoms with van der Waals surface area (Å²) < 4.78 is 4.99. The molecule has 2 heterocycles. The zero-order valence-corrected chi connectivity index (χ0v) is 9.08. The van der Waals surface area contributed by atoms with Crippen LogP contribution in [0.15, 0.2) is 22.0 Å². The minimum Gasteiger partial charge on any atom is -0.338 e. The molecule has 0 amide bonds. The van der Waals surface area contributed by atoms with Crippen LogP contribution in [0.4, 0.5) is 0 Å². The molecule has 0 bridgehead atoms. The molecule has 2 rings (SSSR count). The molecule has 0 spiro atoms. The Morgan fingerprint density at radius 1 is 1.60 bits per heavy atom. The Balaban J connectivity index is 2.14. The zero-order chi connectivity index (χ0) is 10.7. The quantitative estimate of drug-likeness (QED) is 0.796. The van der Waals surface area contributed by atoms with Crippen LogP contribution in [0.3, 0.4) is 0 Å². The molecular formula is C10H10N2O2S. The standard InChI is InChI=1S/C10H10N2O2S/c1-2-7(13)6-9-11-10(12-14-9)8-4-3-5-15-8/h3-5H,2,6H2,1H3. The molecule has 0 N–H and O–H groups in total. The van der Waals surface area contributed by atoms with Gasteiger partial charge in [0.25, 0.3) is 0 Å². The zero-order valence-electron chi connectivity index (χ0n) is 8.27. The van der Waals surface area contributed by atoms with E-state index in [4.69, 9.17) is 4.52 Å². The highest BCUT2D eigenvalue weighted by atomic mass is 32.1. The molecule has 0 atom stereocenters. The van der Waals surface area contributed by atoms with E-state index in [0.29, 0.717) is 18.1 Å². The molecule has 0 aliphatic rings. The van der Waals surface area contributed by atoms with Crippen molar-refractivity contribution in [1.82, 2.24) is 10.1 Å². The lowest BCUT2D eigenvalue weighted by Crippen LogP contribution is -2.00. The lowest BCUT2D eigenvalue weighted by Gasteiger charge is -1.88. The fraction of sp³-hybridized carbons (Fsp3) is 0.300. The number of thiophene rings is 1. The lowest BCUT2D eigenvalue weighted by molar-refractivity contribution is -0.118. The first-order chi connectivity index (χ1) is 7.29. The molecular weight excluding hydrogens is 212 g/mol. The van der Waals surface area contributed by atoms with Gasteiger partial charge in [-0.05, 0) is 11.4 Å². The Bertz CT molecular complexity index is 448. The van der Waals surface area contributed by atoms with Crippen molar-refractivity contribution in [3.05, 3.63) is 23.4 Å². The third-order valence-corrected chi connectivity index (χ3v) is 2.82. The first-order valence-electron chi connectivity index (χ1n) is 4.67. The maximum absolute atomic E-state index is 11.2. The number of aromatic nitrogens is 2. The second kappa shape index (κ2) is 4.35. The van der Waals surface area contributed by atoms with Crippen molar-refractivity contribution in [3.63, 3.8) is 0 Å². The van der Waals surface area contributed by atoms with Crippen LogP contribution in [0.1, 0.15) is 19.2 Å². The van der Waals surface area contributed by atoms with Crippen LogP contribution in [-0.4, -0.2) is 15.9 Å². The second-order valence-corrected chi connectivity index (χ2v) is 4.01. The predicted octanol–water partition coefficient (Wildman–Crippen LogP) is 2.32. The van der Waals surface area contributed by atoms with Gasteiger partial charge < -0.3 is 4.52 Å². The van der Waals surface area contributed by atoms with Crippen molar-refractivity contribution in [2.24, 2.45) is 0 Å². The van der Waals surface area contributed by atoms with Crippen LogP contribution >= 0.6 is 11.3 Å². The second-order valence-electron chi connectivity index (χ2n) is 3.06. The van der Waals surface area contributed by atoms with Gasteiger partial charge in [-0.15, -0.1) is 11.3 Å². The Morgan fingerprint density at radius 2 is 2.47 bits per heavy atom. The molecule has 0 radical (unpaired) electrons. The lowest BCUT2D eigenvalue weighted by atomic mass is 10.2. The molecule has 15 heavy (non-hydrogen) atoms. The van der Waals surface area contributed by atoms with Crippen molar-refractivity contribution in [2.45, 2.75) is 19.8 Å². The molecule has 0 unspecified atom stereocenters. The van der Waals surface area contributed by atoms with E-state index in [0.717, 1.165) is 4.88 Å². The van der Waals surface area contributed by atoms with Gasteiger partial charge in [-0.1, -0.05) is 18.1 Å². The van der Waals surface area contributed by atoms with Crippen molar-refractivity contribution in [3.8, 4) is 10.7 Å². The fourth-order valence-electron chi connectivity index (χ4n) is 1.13. The van der Waals surface area contributed by atoms with Crippen molar-refractivity contribution < 1.29 is 9.32 Å². The van der Waals surface area contributed by atoms with E-state index in [1.807, 2.05) is 24.4 Å². The van der Waals surface area contributed by atoms with Gasteiger partial charge in [0, 0.05) is 6.42 Å². The minimum absolute atomic E-state index is 0.108. The number of rotatable bonds is 4. The Labute approximate surface area is 90.9 Å². The van der Waals surface area contributed by atoms with Crippen molar-refractivity contribution >= 4 is 17.1 Å². The molecule has 2 aromatic heterocycles. The smallest absolute Gasteiger partial charge is 0.234 e. The van der Waals surface area contributed by atoms with Crippen molar-refractivity contribution in [1.29, 1.82) is 0 Å². The summed E-state index contributed by atoms with van der Waals surface area (Å²) >= 11 is 1.54. The molecule has 5 heteroatoms. The van der Waals surface area contributed by atoms with Crippen molar-refractivity contribution in [2.75, 3.05) is 0 Å². The molecule has 0 aliphatic carbocycles. The molecule has 0 aromatic carbocycles. The van der Waals surface area contributed by atoms with E-state index in [9.17, 15) is 4.79 Å². The van der Waals surface area contributed by atoms with E-state index >= 15 is 0 Å². The van der Waals surface area contributed by atoms with Gasteiger partial charge in [0.1, 0.15) is 5.78 Å². The molecule has 4 nitrogen and oxygen atoms in total. The van der Waals surface area contributed by atoms with Crippen LogP contribution in [0.25, 0.3) is 10.7 Å². The van der Waals surface area contributed by atoms with E-state index in [1.54, 1.807) is 11.3 Å². The number of nitrogens with zero attached hydrogens (tertiary/aromatic N) is 2. The van der Waals surface area contributed by atoms with Gasteiger partial charge in [-0.2, -0.15) is 4.98 Å². The van der Waals surface area contributed by atoms with Gasteiger partial charge in [-0.25, -0.2) is 0 Å². The van der Waals surface area contributed by atoms with E-state index in [2.05, 4.69) is 10.1 Å². The number of carbonyl (C=O) groups is 1. The average molecular weight is 222 g/mol. The summed E-state index contributed by atoms with van der Waals surface area (Å²) in [5, 5.41) is 5.77. The van der Waals surface area contributed by atoms with Crippen LogP contribution in [0.2, 0.25) is 0 Å². The van der Waals surface area contributed by atoms with Gasteiger partial charge in [0.15, 0.2) is 0 Å². The number of hydrogen-bond donors (Lipinski definition) is 0. The van der Waals surface area contributed by atoms with Crippen LogP contribution in [-0.2, 0) is 11.2 Å². The number of carbonyl (C=O) groups excluding carboxylic acids is 1. The third kappa shape index (κ3) is 2.30. The number of hydrogen-bond acceptors (Lipinski definition) is 5. The van der Waals surface area contributed by atoms with Gasteiger partial charge >= 0.3 is 0 Å². The summed E-state index contributed by atoms with van der Waals surface area (Å²) in [6.45, 7) is 1.82. The predicted molar refractivity (Wildman–Crippen MR) is 56.6 cm³/mol. The summed E-state index contributed by atoms with van der Waals surface area (Å²) in [5.41, 5.74) is 0. The first-order valence-corrected chi connectivity index (χ1v) is 5.55. The third-order valence-electron chi connectivity index (χ3n) is 1.95. The van der Waals surface area contributed by atoms with Gasteiger partial charge in [0.05, 0.1) is 11.3 Å². The maximum Gasteiger partial charge on any atom is 0.234 e. The summed E-state index contributed by atoms with van der Waals surface area (Å²) in [5.74, 6) is 1.06. The van der Waals surface area contributed by atoms with E-state index < -0.39 is 0 Å². The van der Waals surface area contributed by atoms with E-state index in [1.165, 1.54) is 0 Å². The van der Waals surface area contributed by atoms with Gasteiger partial charge in [-0.3, -0.25) is 4.79 Å². The minimum atomic E-state index is 0.108. The monoisotopic (exact) mass is 222 g/mol. The molecule has 0 fully saturated rings. The fourth-order valence-corrected chi connectivity index (χ4v) is 1.78.